The monoisotopic (exact) mass is 305 g/mol. The van der Waals surface area contributed by atoms with Gasteiger partial charge in [0.1, 0.15) is 11.6 Å². The number of hydrogen-bond donors (Lipinski definition) is 1. The average Bonchev–Trinajstić information content (AvgIpc) is 2.36. The number of nitrogens with one attached hydrogen (secondary N) is 1. The van der Waals surface area contributed by atoms with Crippen molar-refractivity contribution in [1.82, 2.24) is 5.32 Å². The van der Waals surface area contributed by atoms with Crippen LogP contribution in [0.2, 0.25) is 0 Å². The summed E-state index contributed by atoms with van der Waals surface area (Å²) in [7, 11) is -3.25. The number of benzene rings is 1. The Labute approximate surface area is 119 Å². The van der Waals surface area contributed by atoms with Gasteiger partial charge in [-0.15, -0.1) is 0 Å². The Morgan fingerprint density at radius 2 is 1.95 bits per heavy atom. The van der Waals surface area contributed by atoms with Crippen LogP contribution in [0.15, 0.2) is 18.2 Å². The Bertz CT molecular complexity index is 546. The van der Waals surface area contributed by atoms with Crippen LogP contribution in [0.1, 0.15) is 25.8 Å². The smallest absolute Gasteiger partial charge is 0.151 e. The van der Waals surface area contributed by atoms with Gasteiger partial charge in [0.2, 0.25) is 0 Å². The van der Waals surface area contributed by atoms with Crippen molar-refractivity contribution in [3.8, 4) is 0 Å². The second kappa shape index (κ2) is 7.13. The van der Waals surface area contributed by atoms with Crippen molar-refractivity contribution in [2.45, 2.75) is 38.0 Å². The summed E-state index contributed by atoms with van der Waals surface area (Å²) in [6, 6.07) is 2.78. The van der Waals surface area contributed by atoms with Crippen LogP contribution in [0.5, 0.6) is 0 Å². The van der Waals surface area contributed by atoms with Gasteiger partial charge in [0.05, 0.1) is 5.25 Å². The first-order valence-corrected chi connectivity index (χ1v) is 8.57. The zero-order chi connectivity index (χ0) is 15.3. The second-order valence-corrected chi connectivity index (χ2v) is 7.44. The molecule has 0 aromatic heterocycles. The zero-order valence-electron chi connectivity index (χ0n) is 12.0. The van der Waals surface area contributed by atoms with Crippen molar-refractivity contribution in [1.29, 1.82) is 0 Å². The molecule has 0 aliphatic heterocycles. The minimum Gasteiger partial charge on any atom is -0.312 e. The van der Waals surface area contributed by atoms with E-state index < -0.39 is 32.8 Å². The summed E-state index contributed by atoms with van der Waals surface area (Å²) in [6.45, 7) is 4.17. The first-order chi connectivity index (χ1) is 9.25. The lowest BCUT2D eigenvalue weighted by Crippen LogP contribution is -2.44. The fourth-order valence-corrected chi connectivity index (χ4v) is 2.76. The molecule has 0 heterocycles. The van der Waals surface area contributed by atoms with E-state index in [1.807, 2.05) is 6.92 Å². The van der Waals surface area contributed by atoms with E-state index in [0.29, 0.717) is 6.54 Å². The molecular weight excluding hydrogens is 284 g/mol. The van der Waals surface area contributed by atoms with Crippen molar-refractivity contribution in [3.63, 3.8) is 0 Å². The van der Waals surface area contributed by atoms with Gasteiger partial charge >= 0.3 is 0 Å². The fourth-order valence-electron chi connectivity index (χ4n) is 1.97. The Hall–Kier alpha value is -1.01. The molecule has 1 N–H and O–H groups in total. The molecule has 0 bridgehead atoms. The molecule has 2 atom stereocenters. The molecule has 3 nitrogen and oxygen atoms in total. The maximum atomic E-state index is 13.7. The van der Waals surface area contributed by atoms with Crippen LogP contribution >= 0.6 is 0 Å². The second-order valence-electron chi connectivity index (χ2n) is 5.04. The molecule has 2 unspecified atom stereocenters. The predicted molar refractivity (Wildman–Crippen MR) is 76.4 cm³/mol. The van der Waals surface area contributed by atoms with Gasteiger partial charge in [-0.25, -0.2) is 17.2 Å². The van der Waals surface area contributed by atoms with Crippen molar-refractivity contribution in [3.05, 3.63) is 35.4 Å². The number of sulfone groups is 1. The van der Waals surface area contributed by atoms with Crippen molar-refractivity contribution in [2.75, 3.05) is 12.8 Å². The van der Waals surface area contributed by atoms with E-state index in [0.717, 1.165) is 30.9 Å². The van der Waals surface area contributed by atoms with Gasteiger partial charge in [0.15, 0.2) is 9.84 Å². The molecule has 1 aromatic rings. The first kappa shape index (κ1) is 17.0. The van der Waals surface area contributed by atoms with E-state index in [-0.39, 0.29) is 12.0 Å². The van der Waals surface area contributed by atoms with E-state index in [1.165, 1.54) is 0 Å². The largest absolute Gasteiger partial charge is 0.312 e. The molecule has 0 amide bonds. The van der Waals surface area contributed by atoms with Crippen LogP contribution in [-0.4, -0.2) is 32.5 Å². The van der Waals surface area contributed by atoms with E-state index in [1.54, 1.807) is 6.92 Å². The third-order valence-corrected chi connectivity index (χ3v) is 5.03. The summed E-state index contributed by atoms with van der Waals surface area (Å²) in [6.07, 6.45) is 2.12. The van der Waals surface area contributed by atoms with E-state index in [9.17, 15) is 17.2 Å². The molecule has 0 saturated carbocycles. The lowest BCUT2D eigenvalue weighted by Gasteiger charge is -2.24. The van der Waals surface area contributed by atoms with Gasteiger partial charge < -0.3 is 5.32 Å². The summed E-state index contributed by atoms with van der Waals surface area (Å²) in [5, 5.41) is 2.43. The minimum atomic E-state index is -3.25. The molecule has 1 aromatic carbocycles. The zero-order valence-corrected chi connectivity index (χ0v) is 12.8. The highest BCUT2D eigenvalue weighted by Crippen LogP contribution is 2.16. The molecular formula is C14H21F2NO2S. The molecule has 6 heteroatoms. The first-order valence-electron chi connectivity index (χ1n) is 6.62. The van der Waals surface area contributed by atoms with Crippen LogP contribution in [0.25, 0.3) is 0 Å². The van der Waals surface area contributed by atoms with Crippen LogP contribution in [0.4, 0.5) is 8.78 Å². The van der Waals surface area contributed by atoms with Gasteiger partial charge in [-0.05, 0) is 50.1 Å². The maximum Gasteiger partial charge on any atom is 0.151 e. The number of rotatable bonds is 7. The summed E-state index contributed by atoms with van der Waals surface area (Å²) < 4.78 is 50.2. The van der Waals surface area contributed by atoms with E-state index >= 15 is 0 Å². The molecule has 0 fully saturated rings. The summed E-state index contributed by atoms with van der Waals surface area (Å²) in [5.41, 5.74) is 0.189. The summed E-state index contributed by atoms with van der Waals surface area (Å²) >= 11 is 0. The topological polar surface area (TPSA) is 46.2 Å². The van der Waals surface area contributed by atoms with Crippen LogP contribution in [0.3, 0.4) is 0 Å². The normalized spacial score (nSPS) is 15.1. The third kappa shape index (κ3) is 4.83. The molecule has 0 spiro atoms. The molecule has 1 rings (SSSR count). The average molecular weight is 305 g/mol. The van der Waals surface area contributed by atoms with Gasteiger partial charge in [0.25, 0.3) is 0 Å². The van der Waals surface area contributed by atoms with Crippen LogP contribution < -0.4 is 5.32 Å². The van der Waals surface area contributed by atoms with Gasteiger partial charge in [-0.1, -0.05) is 6.92 Å². The fraction of sp³-hybridized carbons (Fsp3) is 0.571. The van der Waals surface area contributed by atoms with Crippen LogP contribution in [-0.2, 0) is 16.3 Å². The Kier molecular flexibility index (Phi) is 6.07. The number of halogens is 2. The minimum absolute atomic E-state index is 0.137. The summed E-state index contributed by atoms with van der Waals surface area (Å²) in [5.74, 6) is -1.04. The standard InChI is InChI=1S/C14H21F2NO2S/c1-4-7-17-14(10(2)20(3,18)19)9-11-8-12(15)5-6-13(11)16/h5-6,8,10,14,17H,4,7,9H2,1-3H3. The van der Waals surface area contributed by atoms with E-state index in [2.05, 4.69) is 5.32 Å². The Morgan fingerprint density at radius 3 is 2.50 bits per heavy atom. The Morgan fingerprint density at radius 1 is 1.30 bits per heavy atom. The molecule has 114 valence electrons. The molecule has 0 radical (unpaired) electrons. The van der Waals surface area contributed by atoms with Crippen LogP contribution in [0, 0.1) is 11.6 Å². The van der Waals surface area contributed by atoms with Gasteiger partial charge in [0, 0.05) is 12.3 Å². The predicted octanol–water partition coefficient (Wildman–Crippen LogP) is 2.31. The molecule has 0 aliphatic carbocycles. The lowest BCUT2D eigenvalue weighted by atomic mass is 10.0. The van der Waals surface area contributed by atoms with Crippen molar-refractivity contribution in [2.24, 2.45) is 0 Å². The third-order valence-electron chi connectivity index (χ3n) is 3.35. The van der Waals surface area contributed by atoms with Crippen molar-refractivity contribution >= 4 is 9.84 Å². The highest BCUT2D eigenvalue weighted by atomic mass is 32.2. The Balaban J connectivity index is 2.97. The lowest BCUT2D eigenvalue weighted by molar-refractivity contribution is 0.471. The highest BCUT2D eigenvalue weighted by Gasteiger charge is 2.26. The van der Waals surface area contributed by atoms with E-state index in [4.69, 9.17) is 0 Å². The quantitative estimate of drug-likeness (QED) is 0.841. The van der Waals surface area contributed by atoms with Gasteiger partial charge in [-0.3, -0.25) is 0 Å². The summed E-state index contributed by atoms with van der Waals surface area (Å²) in [4.78, 5) is 0. The molecule has 0 aliphatic rings. The van der Waals surface area contributed by atoms with Crippen molar-refractivity contribution < 1.29 is 17.2 Å². The SMILES string of the molecule is CCCNC(Cc1cc(F)ccc1F)C(C)S(C)(=O)=O. The van der Waals surface area contributed by atoms with Gasteiger partial charge in [-0.2, -0.15) is 0 Å². The highest BCUT2D eigenvalue weighted by molar-refractivity contribution is 7.91. The number of hydrogen-bond acceptors (Lipinski definition) is 3. The maximum absolute atomic E-state index is 13.7. The molecule has 0 saturated heterocycles. The molecule has 20 heavy (non-hydrogen) atoms.